The molecule has 3 rings (SSSR count). The molecule has 2 atom stereocenters. The average Bonchev–Trinajstić information content (AvgIpc) is 3.47. The molecule has 8 nitrogen and oxygen atoms in total. The van der Waals surface area contributed by atoms with Crippen molar-refractivity contribution in [1.82, 2.24) is 0 Å². The number of hydrogen-bond acceptors (Lipinski definition) is 8. The van der Waals surface area contributed by atoms with E-state index in [2.05, 4.69) is 19.6 Å². The Kier molecular flexibility index (Phi) is 9.12. The molecule has 0 saturated carbocycles. The third-order valence-electron chi connectivity index (χ3n) is 4.37. The molecule has 27 heavy (non-hydrogen) atoms. The van der Waals surface area contributed by atoms with Gasteiger partial charge in [-0.2, -0.15) is 0 Å². The molecular formula is C15H32O8Si4. The zero-order valence-corrected chi connectivity index (χ0v) is 20.7. The molecule has 0 bridgehead atoms. The van der Waals surface area contributed by atoms with Gasteiger partial charge >= 0.3 is 36.4 Å². The Morgan fingerprint density at radius 1 is 0.926 bits per heavy atom. The molecule has 3 aliphatic heterocycles. The fourth-order valence-electron chi connectivity index (χ4n) is 2.90. The maximum absolute atomic E-state index is 6.34. The molecule has 3 fully saturated rings. The predicted octanol–water partition coefficient (Wildman–Crippen LogP) is 1.21. The SMILES string of the molecule is C[Si]1O[SiH](CCCOCC2CO2)O[Si](C)O[Si](C)(CCCOCC2CO2)O1. The Hall–Kier alpha value is 0.548. The molecule has 156 valence electrons. The van der Waals surface area contributed by atoms with Crippen LogP contribution in [0.4, 0.5) is 0 Å². The highest BCUT2D eigenvalue weighted by atomic mass is 28.5. The van der Waals surface area contributed by atoms with E-state index in [9.17, 15) is 0 Å². The summed E-state index contributed by atoms with van der Waals surface area (Å²) in [6, 6.07) is 1.83. The highest BCUT2D eigenvalue weighted by Gasteiger charge is 2.41. The van der Waals surface area contributed by atoms with Crippen molar-refractivity contribution in [1.29, 1.82) is 0 Å². The molecule has 0 aromatic carbocycles. The Bertz CT molecular complexity index is 426. The second kappa shape index (κ2) is 11.1. The fourth-order valence-corrected chi connectivity index (χ4v) is 16.2. The first-order valence-corrected chi connectivity index (χ1v) is 17.7. The van der Waals surface area contributed by atoms with Gasteiger partial charge in [0.1, 0.15) is 12.2 Å². The van der Waals surface area contributed by atoms with Crippen LogP contribution in [0.1, 0.15) is 12.8 Å². The van der Waals surface area contributed by atoms with Gasteiger partial charge in [-0.05, 0) is 44.6 Å². The zero-order valence-electron chi connectivity index (χ0n) is 16.6. The van der Waals surface area contributed by atoms with Crippen LogP contribution in [0.2, 0.25) is 31.7 Å². The zero-order chi connectivity index (χ0) is 19.1. The third-order valence-corrected chi connectivity index (χ3v) is 17.0. The standard InChI is InChI=1S/C15H32O8Si4/c1-24-20-26(8-4-6-16-10-14-12-18-14)21-25(2)23-27(3,22-24)9-5-7-17-11-15-13-19-15/h14-15,26H,4-13H2,1-3H3. The van der Waals surface area contributed by atoms with Gasteiger partial charge in [-0.25, -0.2) is 0 Å². The number of epoxide rings is 2. The molecule has 12 heteroatoms. The predicted molar refractivity (Wildman–Crippen MR) is 106 cm³/mol. The van der Waals surface area contributed by atoms with Crippen molar-refractivity contribution < 1.29 is 35.4 Å². The maximum atomic E-state index is 6.34. The molecule has 0 aromatic rings. The first-order valence-electron chi connectivity index (χ1n) is 9.79. The second-order valence-corrected chi connectivity index (χ2v) is 17.0. The van der Waals surface area contributed by atoms with Crippen LogP contribution >= 0.6 is 0 Å². The van der Waals surface area contributed by atoms with Gasteiger partial charge in [0.05, 0.1) is 26.4 Å². The Balaban J connectivity index is 1.32. The van der Waals surface area contributed by atoms with Crippen molar-refractivity contribution in [3.8, 4) is 0 Å². The summed E-state index contributed by atoms with van der Waals surface area (Å²) in [7, 11) is -6.73. The minimum atomic E-state index is -2.27. The lowest BCUT2D eigenvalue weighted by molar-refractivity contribution is 0.115. The maximum Gasteiger partial charge on any atom is 0.362 e. The average molecular weight is 453 g/mol. The quantitative estimate of drug-likeness (QED) is 0.248. The van der Waals surface area contributed by atoms with Crippen molar-refractivity contribution in [2.45, 2.75) is 56.8 Å². The normalized spacial score (nSPS) is 35.0. The molecule has 0 N–H and O–H groups in total. The first-order chi connectivity index (χ1) is 13.0. The smallest absolute Gasteiger partial charge is 0.362 e. The van der Waals surface area contributed by atoms with Crippen molar-refractivity contribution >= 4 is 36.4 Å². The molecule has 0 amide bonds. The fraction of sp³-hybridized carbons (Fsp3) is 1.00. The summed E-state index contributed by atoms with van der Waals surface area (Å²) >= 11 is 0. The lowest BCUT2D eigenvalue weighted by Crippen LogP contribution is -2.53. The van der Waals surface area contributed by atoms with E-state index in [-0.39, 0.29) is 0 Å². The summed E-state index contributed by atoms with van der Waals surface area (Å²) in [4.78, 5) is 0. The lowest BCUT2D eigenvalue weighted by atomic mass is 10.5. The summed E-state index contributed by atoms with van der Waals surface area (Å²) < 4.78 is 46.6. The van der Waals surface area contributed by atoms with Crippen LogP contribution in [0.15, 0.2) is 0 Å². The van der Waals surface area contributed by atoms with Crippen LogP contribution in [0.25, 0.3) is 0 Å². The Morgan fingerprint density at radius 3 is 1.96 bits per heavy atom. The molecule has 2 radical (unpaired) electrons. The molecular weight excluding hydrogens is 421 g/mol. The number of ether oxygens (including phenoxy) is 4. The van der Waals surface area contributed by atoms with Crippen LogP contribution in [0.3, 0.4) is 0 Å². The number of hydrogen-bond donors (Lipinski definition) is 0. The molecule has 3 heterocycles. The Morgan fingerprint density at radius 2 is 1.44 bits per heavy atom. The molecule has 0 aliphatic carbocycles. The Labute approximate surface area is 168 Å². The van der Waals surface area contributed by atoms with Gasteiger partial charge in [-0.1, -0.05) is 0 Å². The molecule has 0 spiro atoms. The minimum Gasteiger partial charge on any atom is -0.417 e. The third kappa shape index (κ3) is 9.27. The molecule has 0 aromatic heterocycles. The summed E-state index contributed by atoms with van der Waals surface area (Å²) in [5, 5.41) is 0. The largest absolute Gasteiger partial charge is 0.417 e. The van der Waals surface area contributed by atoms with Crippen LogP contribution in [-0.4, -0.2) is 88.3 Å². The van der Waals surface area contributed by atoms with Crippen molar-refractivity contribution in [3.05, 3.63) is 0 Å². The highest BCUT2D eigenvalue weighted by molar-refractivity contribution is 6.81. The minimum absolute atomic E-state index is 0.318. The number of rotatable bonds is 12. The molecule has 2 unspecified atom stereocenters. The van der Waals surface area contributed by atoms with Crippen molar-refractivity contribution in [3.63, 3.8) is 0 Å². The van der Waals surface area contributed by atoms with Crippen LogP contribution in [0.5, 0.6) is 0 Å². The summed E-state index contributed by atoms with van der Waals surface area (Å²) in [6.45, 7) is 10.8. The van der Waals surface area contributed by atoms with Gasteiger partial charge in [0.25, 0.3) is 0 Å². The van der Waals surface area contributed by atoms with Gasteiger partial charge in [0.2, 0.25) is 0 Å². The summed E-state index contributed by atoms with van der Waals surface area (Å²) in [5.74, 6) is 0. The van der Waals surface area contributed by atoms with Crippen LogP contribution in [-0.2, 0) is 35.4 Å². The first kappa shape index (κ1) is 22.2. The van der Waals surface area contributed by atoms with Gasteiger partial charge in [0.15, 0.2) is 0 Å². The van der Waals surface area contributed by atoms with E-state index in [1.807, 2.05) is 0 Å². The van der Waals surface area contributed by atoms with Gasteiger partial charge in [-0.3, -0.25) is 0 Å². The van der Waals surface area contributed by atoms with Crippen molar-refractivity contribution in [2.75, 3.05) is 39.6 Å². The van der Waals surface area contributed by atoms with E-state index in [0.29, 0.717) is 25.4 Å². The van der Waals surface area contributed by atoms with E-state index in [1.165, 1.54) is 0 Å². The van der Waals surface area contributed by atoms with E-state index >= 15 is 0 Å². The van der Waals surface area contributed by atoms with Gasteiger partial charge in [0, 0.05) is 13.2 Å². The van der Waals surface area contributed by atoms with Gasteiger partial charge in [-0.15, -0.1) is 0 Å². The van der Waals surface area contributed by atoms with E-state index in [4.69, 9.17) is 35.4 Å². The second-order valence-electron chi connectivity index (χ2n) is 7.29. The van der Waals surface area contributed by atoms with Crippen LogP contribution in [0, 0.1) is 0 Å². The van der Waals surface area contributed by atoms with E-state index < -0.39 is 36.4 Å². The van der Waals surface area contributed by atoms with E-state index in [0.717, 1.165) is 51.4 Å². The summed E-state index contributed by atoms with van der Waals surface area (Å²) in [6.07, 6.45) is 2.52. The lowest BCUT2D eigenvalue weighted by Gasteiger charge is -2.36. The van der Waals surface area contributed by atoms with Crippen LogP contribution < -0.4 is 0 Å². The van der Waals surface area contributed by atoms with Gasteiger partial charge < -0.3 is 35.4 Å². The summed E-state index contributed by atoms with van der Waals surface area (Å²) in [5.41, 5.74) is 0. The van der Waals surface area contributed by atoms with E-state index in [1.54, 1.807) is 0 Å². The topological polar surface area (TPSA) is 80.4 Å². The molecule has 3 aliphatic rings. The highest BCUT2D eigenvalue weighted by Crippen LogP contribution is 2.23. The molecule has 3 saturated heterocycles. The van der Waals surface area contributed by atoms with Crippen molar-refractivity contribution in [2.24, 2.45) is 0 Å². The monoisotopic (exact) mass is 452 g/mol.